The van der Waals surface area contributed by atoms with Gasteiger partial charge in [0.05, 0.1) is 11.3 Å². The van der Waals surface area contributed by atoms with Crippen molar-refractivity contribution in [2.24, 2.45) is 0 Å². The highest BCUT2D eigenvalue weighted by molar-refractivity contribution is 6.30. The molecule has 0 amide bonds. The molecule has 0 saturated carbocycles. The molecule has 0 aromatic heterocycles. The van der Waals surface area contributed by atoms with E-state index in [4.69, 9.17) is 16.9 Å². The molecule has 2 rings (SSSR count). The Hall–Kier alpha value is -2.05. The molecule has 0 aliphatic carbocycles. The fourth-order valence-corrected chi connectivity index (χ4v) is 1.76. The first-order valence-electron chi connectivity index (χ1n) is 5.33. The summed E-state index contributed by atoms with van der Waals surface area (Å²) < 4.78 is 13.2. The second-order valence-corrected chi connectivity index (χ2v) is 4.32. The molecule has 0 saturated heterocycles. The monoisotopic (exact) mass is 260 g/mol. The van der Waals surface area contributed by atoms with Crippen LogP contribution in [-0.4, -0.2) is 0 Å². The molecule has 1 N–H and O–H groups in total. The highest BCUT2D eigenvalue weighted by atomic mass is 35.5. The average Bonchev–Trinajstić information content (AvgIpc) is 2.36. The van der Waals surface area contributed by atoms with Crippen LogP contribution < -0.4 is 5.32 Å². The summed E-state index contributed by atoms with van der Waals surface area (Å²) in [6.07, 6.45) is 0. The largest absolute Gasteiger partial charge is 0.354 e. The number of anilines is 2. The van der Waals surface area contributed by atoms with Crippen LogP contribution in [0.3, 0.4) is 0 Å². The fraction of sp³-hybridized carbons (Fsp3) is 0.0714. The number of hydrogen-bond donors (Lipinski definition) is 1. The molecule has 18 heavy (non-hydrogen) atoms. The Bertz CT molecular complexity index is 632. The molecule has 0 aliphatic rings. The minimum Gasteiger partial charge on any atom is -0.354 e. The molecule has 2 aromatic carbocycles. The van der Waals surface area contributed by atoms with Crippen molar-refractivity contribution in [2.75, 3.05) is 5.32 Å². The summed E-state index contributed by atoms with van der Waals surface area (Å²) in [7, 11) is 0. The highest BCUT2D eigenvalue weighted by Crippen LogP contribution is 2.26. The van der Waals surface area contributed by atoms with E-state index >= 15 is 0 Å². The van der Waals surface area contributed by atoms with E-state index in [2.05, 4.69) is 11.4 Å². The SMILES string of the molecule is Cc1ccc(F)cc1Nc1ccc(Cl)cc1C#N. The Labute approximate surface area is 110 Å². The quantitative estimate of drug-likeness (QED) is 0.869. The van der Waals surface area contributed by atoms with Gasteiger partial charge in [-0.15, -0.1) is 0 Å². The van der Waals surface area contributed by atoms with Crippen LogP contribution in [0.2, 0.25) is 5.02 Å². The fourth-order valence-electron chi connectivity index (χ4n) is 1.59. The first-order chi connectivity index (χ1) is 8.60. The summed E-state index contributed by atoms with van der Waals surface area (Å²) in [5.74, 6) is -0.324. The smallest absolute Gasteiger partial charge is 0.125 e. The van der Waals surface area contributed by atoms with Crippen LogP contribution >= 0.6 is 11.6 Å². The van der Waals surface area contributed by atoms with E-state index < -0.39 is 0 Å². The van der Waals surface area contributed by atoms with E-state index in [0.717, 1.165) is 5.56 Å². The predicted octanol–water partition coefficient (Wildman–Crippen LogP) is 4.40. The molecule has 0 bridgehead atoms. The molecule has 2 nitrogen and oxygen atoms in total. The van der Waals surface area contributed by atoms with Crippen LogP contribution in [0.25, 0.3) is 0 Å². The van der Waals surface area contributed by atoms with E-state index in [1.165, 1.54) is 12.1 Å². The normalized spacial score (nSPS) is 9.89. The molecule has 0 spiro atoms. The first-order valence-corrected chi connectivity index (χ1v) is 5.71. The number of nitrogens with one attached hydrogen (secondary N) is 1. The van der Waals surface area contributed by atoms with Crippen molar-refractivity contribution < 1.29 is 4.39 Å². The summed E-state index contributed by atoms with van der Waals surface area (Å²) in [6.45, 7) is 1.86. The van der Waals surface area contributed by atoms with Gasteiger partial charge in [0.15, 0.2) is 0 Å². The van der Waals surface area contributed by atoms with Crippen molar-refractivity contribution in [1.29, 1.82) is 5.26 Å². The topological polar surface area (TPSA) is 35.8 Å². The molecule has 0 atom stereocenters. The molecule has 0 aliphatic heterocycles. The Morgan fingerprint density at radius 2 is 1.94 bits per heavy atom. The molecule has 4 heteroatoms. The van der Waals surface area contributed by atoms with Crippen LogP contribution in [0.1, 0.15) is 11.1 Å². The number of nitriles is 1. The number of aryl methyl sites for hydroxylation is 1. The number of nitrogens with zero attached hydrogens (tertiary/aromatic N) is 1. The van der Waals surface area contributed by atoms with Crippen LogP contribution in [0.5, 0.6) is 0 Å². The summed E-state index contributed by atoms with van der Waals surface area (Å²) in [5.41, 5.74) is 2.56. The molecule has 0 heterocycles. The lowest BCUT2D eigenvalue weighted by molar-refractivity contribution is 0.628. The summed E-state index contributed by atoms with van der Waals surface area (Å²) >= 11 is 5.82. The van der Waals surface area contributed by atoms with Crippen molar-refractivity contribution in [1.82, 2.24) is 0 Å². The van der Waals surface area contributed by atoms with E-state index in [9.17, 15) is 4.39 Å². The first kappa shape index (κ1) is 12.4. The van der Waals surface area contributed by atoms with Gasteiger partial charge < -0.3 is 5.32 Å². The second kappa shape index (κ2) is 5.07. The van der Waals surface area contributed by atoms with E-state index in [0.29, 0.717) is 22.0 Å². The van der Waals surface area contributed by atoms with Gasteiger partial charge in [-0.05, 0) is 42.8 Å². The van der Waals surface area contributed by atoms with E-state index in [-0.39, 0.29) is 5.82 Å². The van der Waals surface area contributed by atoms with Crippen LogP contribution in [-0.2, 0) is 0 Å². The zero-order valence-electron chi connectivity index (χ0n) is 9.67. The van der Waals surface area contributed by atoms with Gasteiger partial charge in [-0.3, -0.25) is 0 Å². The molecule has 90 valence electrons. The maximum atomic E-state index is 13.2. The zero-order valence-corrected chi connectivity index (χ0v) is 10.4. The Balaban J connectivity index is 2.40. The van der Waals surface area contributed by atoms with Crippen molar-refractivity contribution >= 4 is 23.0 Å². The lowest BCUT2D eigenvalue weighted by atomic mass is 10.1. The van der Waals surface area contributed by atoms with E-state index in [1.807, 2.05) is 6.92 Å². The molecule has 0 unspecified atom stereocenters. The minimum atomic E-state index is -0.324. The van der Waals surface area contributed by atoms with Gasteiger partial charge in [-0.2, -0.15) is 5.26 Å². The van der Waals surface area contributed by atoms with Gasteiger partial charge in [0.2, 0.25) is 0 Å². The highest BCUT2D eigenvalue weighted by Gasteiger charge is 2.06. The molecule has 0 radical (unpaired) electrons. The third-order valence-electron chi connectivity index (χ3n) is 2.57. The summed E-state index contributed by atoms with van der Waals surface area (Å²) in [6, 6.07) is 11.5. The minimum absolute atomic E-state index is 0.324. The van der Waals surface area contributed by atoms with Crippen molar-refractivity contribution in [3.05, 3.63) is 58.4 Å². The van der Waals surface area contributed by atoms with E-state index in [1.54, 1.807) is 24.3 Å². The number of rotatable bonds is 2. The van der Waals surface area contributed by atoms with Crippen molar-refractivity contribution in [3.63, 3.8) is 0 Å². The number of benzene rings is 2. The summed E-state index contributed by atoms with van der Waals surface area (Å²) in [5, 5.41) is 12.6. The van der Waals surface area contributed by atoms with Gasteiger partial charge in [0.25, 0.3) is 0 Å². The standard InChI is InChI=1S/C14H10ClFN2/c1-9-2-4-12(16)7-14(9)18-13-5-3-11(15)6-10(13)8-17/h2-7,18H,1H3. The molecular formula is C14H10ClFN2. The second-order valence-electron chi connectivity index (χ2n) is 3.89. The van der Waals surface area contributed by atoms with Gasteiger partial charge in [-0.25, -0.2) is 4.39 Å². The predicted molar refractivity (Wildman–Crippen MR) is 70.6 cm³/mol. The Morgan fingerprint density at radius 1 is 1.17 bits per heavy atom. The lowest BCUT2D eigenvalue weighted by Crippen LogP contribution is -1.96. The average molecular weight is 261 g/mol. The number of halogens is 2. The Morgan fingerprint density at radius 3 is 2.67 bits per heavy atom. The van der Waals surface area contributed by atoms with Gasteiger partial charge >= 0.3 is 0 Å². The third-order valence-corrected chi connectivity index (χ3v) is 2.81. The van der Waals surface area contributed by atoms with Gasteiger partial charge in [0, 0.05) is 10.7 Å². The number of hydrogen-bond acceptors (Lipinski definition) is 2. The van der Waals surface area contributed by atoms with Crippen molar-refractivity contribution in [3.8, 4) is 6.07 Å². The Kier molecular flexibility index (Phi) is 3.50. The van der Waals surface area contributed by atoms with Crippen molar-refractivity contribution in [2.45, 2.75) is 6.92 Å². The van der Waals surface area contributed by atoms with Gasteiger partial charge in [0.1, 0.15) is 11.9 Å². The van der Waals surface area contributed by atoms with Crippen LogP contribution in [0.4, 0.5) is 15.8 Å². The maximum Gasteiger partial charge on any atom is 0.125 e. The molecule has 2 aromatic rings. The zero-order chi connectivity index (χ0) is 13.1. The molecular weight excluding hydrogens is 251 g/mol. The summed E-state index contributed by atoms with van der Waals surface area (Å²) in [4.78, 5) is 0. The van der Waals surface area contributed by atoms with Crippen LogP contribution in [0.15, 0.2) is 36.4 Å². The third kappa shape index (κ3) is 2.61. The maximum absolute atomic E-state index is 13.2. The molecule has 0 fully saturated rings. The van der Waals surface area contributed by atoms with Crippen LogP contribution in [0, 0.1) is 24.1 Å². The van der Waals surface area contributed by atoms with Gasteiger partial charge in [-0.1, -0.05) is 17.7 Å². The lowest BCUT2D eigenvalue weighted by Gasteiger charge is -2.11.